The number of hydrogen-bond acceptors (Lipinski definition) is 4. The number of piperazine rings is 1. The van der Waals surface area contributed by atoms with E-state index in [1.807, 2.05) is 0 Å². The van der Waals surface area contributed by atoms with Gasteiger partial charge in [-0.2, -0.15) is 4.31 Å². The molecule has 0 spiro atoms. The van der Waals surface area contributed by atoms with Crippen LogP contribution in [-0.2, 0) is 10.0 Å². The minimum absolute atomic E-state index is 0.156. The quantitative estimate of drug-likeness (QED) is 0.766. The van der Waals surface area contributed by atoms with E-state index in [-0.39, 0.29) is 5.54 Å². The SMILES string of the molecule is CS(=O)(=O)N1CCN(C2(CN)CCCC2)CC1. The van der Waals surface area contributed by atoms with E-state index in [0.29, 0.717) is 19.6 Å². The van der Waals surface area contributed by atoms with Gasteiger partial charge in [-0.05, 0) is 12.8 Å². The van der Waals surface area contributed by atoms with Crippen LogP contribution in [0.1, 0.15) is 25.7 Å². The Labute approximate surface area is 104 Å². The zero-order chi connectivity index (χ0) is 12.5. The summed E-state index contributed by atoms with van der Waals surface area (Å²) in [4.78, 5) is 2.42. The maximum atomic E-state index is 11.4. The van der Waals surface area contributed by atoms with E-state index in [1.54, 1.807) is 4.31 Å². The Hall–Kier alpha value is -0.170. The van der Waals surface area contributed by atoms with Crippen molar-refractivity contribution >= 4 is 10.0 Å². The third kappa shape index (κ3) is 2.65. The summed E-state index contributed by atoms with van der Waals surface area (Å²) in [6, 6.07) is 0. The maximum absolute atomic E-state index is 11.4. The van der Waals surface area contributed by atoms with Crippen LogP contribution < -0.4 is 5.73 Å². The molecule has 1 aliphatic heterocycles. The molecule has 1 saturated heterocycles. The van der Waals surface area contributed by atoms with Crippen molar-refractivity contribution in [2.45, 2.75) is 31.2 Å². The second-order valence-electron chi connectivity index (χ2n) is 5.28. The van der Waals surface area contributed by atoms with Crippen LogP contribution in [0.3, 0.4) is 0 Å². The summed E-state index contributed by atoms with van der Waals surface area (Å²) >= 11 is 0. The van der Waals surface area contributed by atoms with Gasteiger partial charge >= 0.3 is 0 Å². The Bertz CT molecular complexity index is 355. The monoisotopic (exact) mass is 261 g/mol. The highest BCUT2D eigenvalue weighted by atomic mass is 32.2. The van der Waals surface area contributed by atoms with Gasteiger partial charge < -0.3 is 5.73 Å². The molecule has 0 aromatic heterocycles. The molecule has 0 radical (unpaired) electrons. The van der Waals surface area contributed by atoms with E-state index in [1.165, 1.54) is 31.9 Å². The van der Waals surface area contributed by atoms with Gasteiger partial charge in [-0.3, -0.25) is 4.90 Å². The van der Waals surface area contributed by atoms with Gasteiger partial charge in [0.25, 0.3) is 0 Å². The lowest BCUT2D eigenvalue weighted by atomic mass is 9.94. The second kappa shape index (κ2) is 4.84. The van der Waals surface area contributed by atoms with E-state index in [0.717, 1.165) is 13.1 Å². The summed E-state index contributed by atoms with van der Waals surface area (Å²) in [6.45, 7) is 3.57. The van der Waals surface area contributed by atoms with Crippen molar-refractivity contribution in [3.8, 4) is 0 Å². The van der Waals surface area contributed by atoms with Gasteiger partial charge in [0.05, 0.1) is 6.26 Å². The fourth-order valence-corrected chi connectivity index (χ4v) is 4.00. The summed E-state index contributed by atoms with van der Waals surface area (Å²) in [7, 11) is -3.02. The molecule has 100 valence electrons. The van der Waals surface area contributed by atoms with E-state index in [2.05, 4.69) is 4.90 Å². The van der Waals surface area contributed by atoms with Crippen molar-refractivity contribution in [1.82, 2.24) is 9.21 Å². The Balaban J connectivity index is 1.99. The van der Waals surface area contributed by atoms with Crippen molar-refractivity contribution in [3.63, 3.8) is 0 Å². The smallest absolute Gasteiger partial charge is 0.211 e. The van der Waals surface area contributed by atoms with E-state index in [4.69, 9.17) is 5.73 Å². The molecule has 2 N–H and O–H groups in total. The number of nitrogens with zero attached hydrogens (tertiary/aromatic N) is 2. The molecule has 2 rings (SSSR count). The standard InChI is InChI=1S/C11H23N3O2S/c1-17(15,16)14-8-6-13(7-9-14)11(10-12)4-2-3-5-11/h2-10,12H2,1H3. The lowest BCUT2D eigenvalue weighted by Gasteiger charge is -2.45. The summed E-state index contributed by atoms with van der Waals surface area (Å²) < 4.78 is 24.5. The van der Waals surface area contributed by atoms with Crippen molar-refractivity contribution in [2.75, 3.05) is 39.0 Å². The summed E-state index contributed by atoms with van der Waals surface area (Å²) in [6.07, 6.45) is 6.13. The first-order chi connectivity index (χ1) is 7.98. The first kappa shape index (κ1) is 13.3. The Morgan fingerprint density at radius 1 is 1.12 bits per heavy atom. The van der Waals surface area contributed by atoms with Crippen molar-refractivity contribution in [1.29, 1.82) is 0 Å². The molecule has 0 amide bonds. The average molecular weight is 261 g/mol. The minimum Gasteiger partial charge on any atom is -0.329 e. The van der Waals surface area contributed by atoms with Crippen LogP contribution >= 0.6 is 0 Å². The molecule has 2 fully saturated rings. The predicted octanol–water partition coefficient (Wildman–Crippen LogP) is -0.165. The number of nitrogens with two attached hydrogens (primary N) is 1. The molecule has 1 heterocycles. The Kier molecular flexibility index (Phi) is 3.77. The maximum Gasteiger partial charge on any atom is 0.211 e. The van der Waals surface area contributed by atoms with Gasteiger partial charge in [0.2, 0.25) is 10.0 Å². The van der Waals surface area contributed by atoms with Crippen molar-refractivity contribution in [2.24, 2.45) is 5.73 Å². The first-order valence-electron chi connectivity index (χ1n) is 6.38. The molecule has 2 aliphatic rings. The molecule has 0 bridgehead atoms. The lowest BCUT2D eigenvalue weighted by molar-refractivity contribution is 0.0635. The molecule has 1 saturated carbocycles. The molecule has 6 heteroatoms. The van der Waals surface area contributed by atoms with Gasteiger partial charge in [-0.15, -0.1) is 0 Å². The molecule has 1 aliphatic carbocycles. The minimum atomic E-state index is -3.02. The molecule has 0 unspecified atom stereocenters. The average Bonchev–Trinajstić information content (AvgIpc) is 2.78. The second-order valence-corrected chi connectivity index (χ2v) is 7.27. The predicted molar refractivity (Wildman–Crippen MR) is 68.2 cm³/mol. The van der Waals surface area contributed by atoms with E-state index >= 15 is 0 Å². The van der Waals surface area contributed by atoms with Gasteiger partial charge in [-0.25, -0.2) is 8.42 Å². The largest absolute Gasteiger partial charge is 0.329 e. The highest BCUT2D eigenvalue weighted by Gasteiger charge is 2.40. The fourth-order valence-electron chi connectivity index (χ4n) is 3.18. The summed E-state index contributed by atoms with van der Waals surface area (Å²) in [5.74, 6) is 0. The zero-order valence-corrected chi connectivity index (χ0v) is 11.4. The number of hydrogen-bond donors (Lipinski definition) is 1. The van der Waals surface area contributed by atoms with E-state index < -0.39 is 10.0 Å². The van der Waals surface area contributed by atoms with Gasteiger partial charge in [0.15, 0.2) is 0 Å². The zero-order valence-electron chi connectivity index (χ0n) is 10.6. The lowest BCUT2D eigenvalue weighted by Crippen LogP contribution is -2.59. The first-order valence-corrected chi connectivity index (χ1v) is 8.23. The normalized spacial score (nSPS) is 27.4. The topological polar surface area (TPSA) is 66.6 Å². The van der Waals surface area contributed by atoms with Crippen LogP contribution in [0.4, 0.5) is 0 Å². The molecule has 0 aromatic rings. The van der Waals surface area contributed by atoms with Gasteiger partial charge in [0.1, 0.15) is 0 Å². The third-order valence-electron chi connectivity index (χ3n) is 4.29. The Morgan fingerprint density at radius 3 is 2.06 bits per heavy atom. The van der Waals surface area contributed by atoms with Crippen LogP contribution in [0.5, 0.6) is 0 Å². The van der Waals surface area contributed by atoms with Gasteiger partial charge in [-0.1, -0.05) is 12.8 Å². The molecule has 0 atom stereocenters. The third-order valence-corrected chi connectivity index (χ3v) is 5.60. The molecule has 5 nitrogen and oxygen atoms in total. The summed E-state index contributed by atoms with van der Waals surface area (Å²) in [5, 5.41) is 0. The van der Waals surface area contributed by atoms with Crippen molar-refractivity contribution < 1.29 is 8.42 Å². The highest BCUT2D eigenvalue weighted by molar-refractivity contribution is 7.88. The Morgan fingerprint density at radius 2 is 1.65 bits per heavy atom. The molecular weight excluding hydrogens is 238 g/mol. The van der Waals surface area contributed by atoms with Crippen LogP contribution in [0, 0.1) is 0 Å². The fraction of sp³-hybridized carbons (Fsp3) is 1.00. The van der Waals surface area contributed by atoms with Crippen LogP contribution in [-0.4, -0.2) is 62.1 Å². The van der Waals surface area contributed by atoms with Crippen molar-refractivity contribution in [3.05, 3.63) is 0 Å². The van der Waals surface area contributed by atoms with Gasteiger partial charge in [0, 0.05) is 38.3 Å². The van der Waals surface area contributed by atoms with Crippen LogP contribution in [0.25, 0.3) is 0 Å². The van der Waals surface area contributed by atoms with E-state index in [9.17, 15) is 8.42 Å². The summed E-state index contributed by atoms with van der Waals surface area (Å²) in [5.41, 5.74) is 6.10. The molecular formula is C11H23N3O2S. The molecule has 17 heavy (non-hydrogen) atoms. The number of rotatable bonds is 3. The highest BCUT2D eigenvalue weighted by Crippen LogP contribution is 2.35. The number of sulfonamides is 1. The van der Waals surface area contributed by atoms with Crippen LogP contribution in [0.15, 0.2) is 0 Å². The molecule has 0 aromatic carbocycles. The van der Waals surface area contributed by atoms with Crippen LogP contribution in [0.2, 0.25) is 0 Å².